The van der Waals surface area contributed by atoms with Gasteiger partial charge in [-0.15, -0.1) is 0 Å². The number of nitrogen functional groups attached to an aromatic ring is 1. The second kappa shape index (κ2) is 5.06. The summed E-state index contributed by atoms with van der Waals surface area (Å²) in [5.41, 5.74) is 6.86. The molecule has 5 N–H and O–H groups in total. The molecule has 0 amide bonds. The molecule has 5 heteroatoms. The van der Waals surface area contributed by atoms with E-state index in [1.807, 2.05) is 6.92 Å². The average Bonchev–Trinajstić information content (AvgIpc) is 2.15. The van der Waals surface area contributed by atoms with E-state index in [1.165, 1.54) is 0 Å². The third-order valence-electron chi connectivity index (χ3n) is 2.09. The van der Waals surface area contributed by atoms with Crippen molar-refractivity contribution < 1.29 is 10.2 Å². The highest BCUT2D eigenvalue weighted by Gasteiger charge is 2.19. The third kappa shape index (κ3) is 3.16. The Morgan fingerprint density at radius 2 is 2.13 bits per heavy atom. The molecule has 0 fully saturated rings. The zero-order chi connectivity index (χ0) is 11.4. The number of anilines is 1. The highest BCUT2D eigenvalue weighted by atomic mass is 16.3. The Balaban J connectivity index is 2.85. The van der Waals surface area contributed by atoms with E-state index in [1.54, 1.807) is 19.2 Å². The fourth-order valence-electron chi connectivity index (χ4n) is 1.39. The minimum atomic E-state index is -1.01. The summed E-state index contributed by atoms with van der Waals surface area (Å²) < 4.78 is 0. The fourth-order valence-corrected chi connectivity index (χ4v) is 1.39. The number of likely N-dealkylation sites (N-methyl/N-ethyl adjacent to an activating group) is 1. The summed E-state index contributed by atoms with van der Waals surface area (Å²) in [5, 5.41) is 22.1. The second-order valence-corrected chi connectivity index (χ2v) is 3.56. The number of aryl methyl sites for hydroxylation is 1. The first kappa shape index (κ1) is 11.9. The lowest BCUT2D eigenvalue weighted by molar-refractivity contribution is 0.0177. The van der Waals surface area contributed by atoms with Crippen LogP contribution in [0, 0.1) is 6.92 Å². The standard InChI is InChI=1S/C10H17N3O2/c1-6-3-7(13-9(11)4-6)10(15)8(14)5-12-2/h3-4,8,10,12,14-15H,5H2,1-2H3,(H2,11,13). The van der Waals surface area contributed by atoms with Gasteiger partial charge in [-0.2, -0.15) is 0 Å². The van der Waals surface area contributed by atoms with Crippen LogP contribution >= 0.6 is 0 Å². The summed E-state index contributed by atoms with van der Waals surface area (Å²) in [5.74, 6) is 0.348. The van der Waals surface area contributed by atoms with Crippen LogP contribution < -0.4 is 11.1 Å². The van der Waals surface area contributed by atoms with E-state index >= 15 is 0 Å². The number of hydrogen-bond acceptors (Lipinski definition) is 5. The molecule has 0 aromatic carbocycles. The van der Waals surface area contributed by atoms with Crippen LogP contribution in [0.15, 0.2) is 12.1 Å². The fraction of sp³-hybridized carbons (Fsp3) is 0.500. The molecule has 1 rings (SSSR count). The van der Waals surface area contributed by atoms with E-state index in [2.05, 4.69) is 10.3 Å². The largest absolute Gasteiger partial charge is 0.389 e. The van der Waals surface area contributed by atoms with Gasteiger partial charge in [0.25, 0.3) is 0 Å². The van der Waals surface area contributed by atoms with Gasteiger partial charge in [0.15, 0.2) is 0 Å². The van der Waals surface area contributed by atoms with Crippen molar-refractivity contribution in [2.24, 2.45) is 0 Å². The number of aliphatic hydroxyl groups is 2. The van der Waals surface area contributed by atoms with Gasteiger partial charge in [-0.1, -0.05) is 0 Å². The minimum Gasteiger partial charge on any atom is -0.389 e. The molecule has 0 saturated heterocycles. The molecule has 15 heavy (non-hydrogen) atoms. The zero-order valence-corrected chi connectivity index (χ0v) is 8.94. The molecule has 2 unspecified atom stereocenters. The van der Waals surface area contributed by atoms with Gasteiger partial charge in [-0.05, 0) is 31.7 Å². The summed E-state index contributed by atoms with van der Waals surface area (Å²) in [6.45, 7) is 2.16. The Hall–Kier alpha value is -1.17. The van der Waals surface area contributed by atoms with Crippen molar-refractivity contribution in [2.75, 3.05) is 19.3 Å². The summed E-state index contributed by atoms with van der Waals surface area (Å²) in [6, 6.07) is 3.42. The van der Waals surface area contributed by atoms with Crippen LogP contribution in [-0.4, -0.2) is 34.9 Å². The normalized spacial score (nSPS) is 14.9. The van der Waals surface area contributed by atoms with E-state index < -0.39 is 12.2 Å². The van der Waals surface area contributed by atoms with Gasteiger partial charge < -0.3 is 21.3 Å². The lowest BCUT2D eigenvalue weighted by atomic mass is 10.1. The highest BCUT2D eigenvalue weighted by molar-refractivity contribution is 5.35. The van der Waals surface area contributed by atoms with E-state index in [9.17, 15) is 10.2 Å². The van der Waals surface area contributed by atoms with Crippen molar-refractivity contribution >= 4 is 5.82 Å². The molecule has 0 spiro atoms. The molecular weight excluding hydrogens is 194 g/mol. The van der Waals surface area contributed by atoms with Crippen molar-refractivity contribution in [1.29, 1.82) is 0 Å². The summed E-state index contributed by atoms with van der Waals surface area (Å²) in [7, 11) is 1.70. The first-order chi connectivity index (χ1) is 7.04. The first-order valence-electron chi connectivity index (χ1n) is 4.79. The van der Waals surface area contributed by atoms with Gasteiger partial charge in [0.2, 0.25) is 0 Å². The Bertz CT molecular complexity index is 310. The molecular formula is C10H17N3O2. The van der Waals surface area contributed by atoms with Gasteiger partial charge >= 0.3 is 0 Å². The van der Waals surface area contributed by atoms with Gasteiger partial charge in [0, 0.05) is 6.54 Å². The average molecular weight is 211 g/mol. The van der Waals surface area contributed by atoms with Crippen LogP contribution in [0.1, 0.15) is 17.4 Å². The molecule has 0 aliphatic rings. The molecule has 1 heterocycles. The van der Waals surface area contributed by atoms with Crippen LogP contribution in [0.4, 0.5) is 5.82 Å². The maximum absolute atomic E-state index is 9.76. The van der Waals surface area contributed by atoms with Gasteiger partial charge in [0.1, 0.15) is 11.9 Å². The molecule has 1 aromatic rings. The molecule has 0 bridgehead atoms. The predicted molar refractivity (Wildman–Crippen MR) is 58.3 cm³/mol. The van der Waals surface area contributed by atoms with E-state index in [-0.39, 0.29) is 0 Å². The van der Waals surface area contributed by atoms with Crippen molar-refractivity contribution in [2.45, 2.75) is 19.1 Å². The zero-order valence-electron chi connectivity index (χ0n) is 8.94. The van der Waals surface area contributed by atoms with Crippen LogP contribution in [0.3, 0.4) is 0 Å². The monoisotopic (exact) mass is 211 g/mol. The maximum atomic E-state index is 9.76. The SMILES string of the molecule is CNCC(O)C(O)c1cc(C)cc(N)n1. The molecule has 2 atom stereocenters. The van der Waals surface area contributed by atoms with Crippen LogP contribution in [0.5, 0.6) is 0 Å². The van der Waals surface area contributed by atoms with Crippen molar-refractivity contribution in [1.82, 2.24) is 10.3 Å². The second-order valence-electron chi connectivity index (χ2n) is 3.56. The number of rotatable bonds is 4. The van der Waals surface area contributed by atoms with E-state index in [4.69, 9.17) is 5.73 Å². The minimum absolute atomic E-state index is 0.302. The maximum Gasteiger partial charge on any atom is 0.123 e. The van der Waals surface area contributed by atoms with Crippen LogP contribution in [0.25, 0.3) is 0 Å². The number of pyridine rings is 1. The number of nitrogens with two attached hydrogens (primary N) is 1. The van der Waals surface area contributed by atoms with E-state index in [0.29, 0.717) is 18.1 Å². The summed E-state index contributed by atoms with van der Waals surface area (Å²) in [6.07, 6.45) is -1.90. The van der Waals surface area contributed by atoms with Crippen molar-refractivity contribution in [3.63, 3.8) is 0 Å². The molecule has 0 aliphatic heterocycles. The Morgan fingerprint density at radius 3 is 2.67 bits per heavy atom. The summed E-state index contributed by atoms with van der Waals surface area (Å²) in [4.78, 5) is 3.98. The Labute approximate surface area is 89.0 Å². The highest BCUT2D eigenvalue weighted by Crippen LogP contribution is 2.17. The third-order valence-corrected chi connectivity index (χ3v) is 2.09. The molecule has 0 aliphatic carbocycles. The number of aromatic nitrogens is 1. The van der Waals surface area contributed by atoms with Gasteiger partial charge in [-0.3, -0.25) is 0 Å². The molecule has 0 saturated carbocycles. The number of nitrogens with one attached hydrogen (secondary N) is 1. The Kier molecular flexibility index (Phi) is 4.02. The predicted octanol–water partition coefficient (Wildman–Crippen LogP) is -0.414. The van der Waals surface area contributed by atoms with Gasteiger partial charge in [-0.25, -0.2) is 4.98 Å². The molecule has 5 nitrogen and oxygen atoms in total. The van der Waals surface area contributed by atoms with Crippen molar-refractivity contribution in [3.05, 3.63) is 23.4 Å². The first-order valence-corrected chi connectivity index (χ1v) is 4.79. The smallest absolute Gasteiger partial charge is 0.123 e. The van der Waals surface area contributed by atoms with Crippen LogP contribution in [0.2, 0.25) is 0 Å². The van der Waals surface area contributed by atoms with E-state index in [0.717, 1.165) is 5.56 Å². The molecule has 1 aromatic heterocycles. The quantitative estimate of drug-likeness (QED) is 0.543. The lowest BCUT2D eigenvalue weighted by Gasteiger charge is -2.17. The number of hydrogen-bond donors (Lipinski definition) is 4. The van der Waals surface area contributed by atoms with Crippen LogP contribution in [-0.2, 0) is 0 Å². The number of nitrogens with zero attached hydrogens (tertiary/aromatic N) is 1. The Morgan fingerprint density at radius 1 is 1.47 bits per heavy atom. The van der Waals surface area contributed by atoms with Gasteiger partial charge in [0.05, 0.1) is 11.8 Å². The van der Waals surface area contributed by atoms with Crippen molar-refractivity contribution in [3.8, 4) is 0 Å². The topological polar surface area (TPSA) is 91.4 Å². The molecule has 84 valence electrons. The number of aliphatic hydroxyl groups excluding tert-OH is 2. The molecule has 0 radical (unpaired) electrons. The summed E-state index contributed by atoms with van der Waals surface area (Å²) >= 11 is 0. The lowest BCUT2D eigenvalue weighted by Crippen LogP contribution is -2.30.